The molecule has 0 aromatic rings. The summed E-state index contributed by atoms with van der Waals surface area (Å²) in [5.74, 6) is 2.52. The van der Waals surface area contributed by atoms with Gasteiger partial charge in [-0.3, -0.25) is 0 Å². The monoisotopic (exact) mass is 154 g/mol. The van der Waals surface area contributed by atoms with Crippen LogP contribution < -0.4 is 5.73 Å². The van der Waals surface area contributed by atoms with Gasteiger partial charge in [0, 0.05) is 25.7 Å². The Morgan fingerprint density at radius 3 is 2.36 bits per heavy atom. The van der Waals surface area contributed by atoms with Gasteiger partial charge >= 0.3 is 0 Å². The van der Waals surface area contributed by atoms with Gasteiger partial charge < -0.3 is 10.6 Å². The van der Waals surface area contributed by atoms with Crippen molar-refractivity contribution in [2.24, 2.45) is 23.5 Å². The third-order valence-corrected chi connectivity index (χ3v) is 2.96. The first kappa shape index (κ1) is 7.56. The Morgan fingerprint density at radius 2 is 1.91 bits per heavy atom. The van der Waals surface area contributed by atoms with Crippen LogP contribution in [0.5, 0.6) is 0 Å². The van der Waals surface area contributed by atoms with E-state index in [1.165, 1.54) is 19.6 Å². The van der Waals surface area contributed by atoms with Gasteiger partial charge in [-0.2, -0.15) is 0 Å². The highest BCUT2D eigenvalue weighted by molar-refractivity contribution is 5.08. The maximum Gasteiger partial charge on any atom is 0.0127 e. The Kier molecular flexibility index (Phi) is 1.69. The summed E-state index contributed by atoms with van der Waals surface area (Å²) < 4.78 is 0. The number of fused-ring (bicyclic) bond motifs is 1. The van der Waals surface area contributed by atoms with E-state index in [9.17, 15) is 0 Å². The van der Waals surface area contributed by atoms with Gasteiger partial charge in [0.25, 0.3) is 0 Å². The molecule has 0 aromatic heterocycles. The summed E-state index contributed by atoms with van der Waals surface area (Å²) in [5.41, 5.74) is 5.84. The molecule has 2 aliphatic rings. The van der Waals surface area contributed by atoms with Crippen LogP contribution in [0.2, 0.25) is 0 Å². The van der Waals surface area contributed by atoms with Gasteiger partial charge in [-0.05, 0) is 17.8 Å². The number of rotatable bonds is 2. The van der Waals surface area contributed by atoms with E-state index < -0.39 is 0 Å². The largest absolute Gasteiger partial charge is 0.327 e. The molecule has 2 rings (SSSR count). The van der Waals surface area contributed by atoms with Gasteiger partial charge in [-0.1, -0.05) is 13.8 Å². The summed E-state index contributed by atoms with van der Waals surface area (Å²) in [5, 5.41) is 0. The van der Waals surface area contributed by atoms with Gasteiger partial charge in [-0.15, -0.1) is 0 Å². The fraction of sp³-hybridized carbons (Fsp3) is 1.00. The molecule has 1 saturated carbocycles. The van der Waals surface area contributed by atoms with Crippen LogP contribution in [0, 0.1) is 17.8 Å². The highest BCUT2D eigenvalue weighted by atomic mass is 15.2. The minimum Gasteiger partial charge on any atom is -0.327 e. The Labute approximate surface area is 68.7 Å². The van der Waals surface area contributed by atoms with Crippen molar-refractivity contribution >= 4 is 0 Å². The van der Waals surface area contributed by atoms with E-state index in [1.54, 1.807) is 0 Å². The molecular weight excluding hydrogens is 136 g/mol. The zero-order valence-corrected chi connectivity index (χ0v) is 7.46. The SMILES string of the molecule is CC(C)CN1CC2C(N)C2C1. The van der Waals surface area contributed by atoms with Gasteiger partial charge in [0.15, 0.2) is 0 Å². The van der Waals surface area contributed by atoms with Crippen LogP contribution in [-0.4, -0.2) is 30.6 Å². The van der Waals surface area contributed by atoms with Crippen molar-refractivity contribution in [1.29, 1.82) is 0 Å². The van der Waals surface area contributed by atoms with Crippen molar-refractivity contribution in [3.63, 3.8) is 0 Å². The van der Waals surface area contributed by atoms with Crippen LogP contribution in [0.4, 0.5) is 0 Å². The standard InChI is InChI=1S/C9H18N2/c1-6(2)3-11-4-7-8(5-11)9(7)10/h6-9H,3-5,10H2,1-2H3. The number of piperidine rings is 1. The second-order valence-corrected chi connectivity index (χ2v) is 4.52. The number of nitrogens with two attached hydrogens (primary N) is 1. The fourth-order valence-electron chi connectivity index (χ4n) is 2.33. The van der Waals surface area contributed by atoms with Crippen LogP contribution in [0.15, 0.2) is 0 Å². The zero-order chi connectivity index (χ0) is 8.01. The molecule has 1 saturated heterocycles. The first-order valence-electron chi connectivity index (χ1n) is 4.66. The molecule has 2 N–H and O–H groups in total. The van der Waals surface area contributed by atoms with Crippen LogP contribution >= 0.6 is 0 Å². The molecule has 64 valence electrons. The highest BCUT2D eigenvalue weighted by Gasteiger charge is 2.53. The molecule has 1 aliphatic heterocycles. The molecule has 0 amide bonds. The van der Waals surface area contributed by atoms with Crippen LogP contribution in [0.25, 0.3) is 0 Å². The molecule has 0 aromatic carbocycles. The number of likely N-dealkylation sites (tertiary alicyclic amines) is 1. The molecule has 2 fully saturated rings. The molecule has 2 unspecified atom stereocenters. The lowest BCUT2D eigenvalue weighted by atomic mass is 10.2. The Bertz CT molecular complexity index is 144. The highest BCUT2D eigenvalue weighted by Crippen LogP contribution is 2.43. The smallest absolute Gasteiger partial charge is 0.0127 e. The maximum atomic E-state index is 5.84. The second kappa shape index (κ2) is 2.46. The van der Waals surface area contributed by atoms with E-state index in [0.717, 1.165) is 17.8 Å². The zero-order valence-electron chi connectivity index (χ0n) is 7.46. The van der Waals surface area contributed by atoms with E-state index in [1.807, 2.05) is 0 Å². The van der Waals surface area contributed by atoms with Crippen LogP contribution in [0.1, 0.15) is 13.8 Å². The van der Waals surface area contributed by atoms with E-state index >= 15 is 0 Å². The lowest BCUT2D eigenvalue weighted by Crippen LogP contribution is -2.31. The third kappa shape index (κ3) is 1.30. The van der Waals surface area contributed by atoms with E-state index in [4.69, 9.17) is 5.73 Å². The maximum absolute atomic E-state index is 5.84. The Hall–Kier alpha value is -0.0800. The number of hydrogen-bond acceptors (Lipinski definition) is 2. The molecular formula is C9H18N2. The lowest BCUT2D eigenvalue weighted by molar-refractivity contribution is 0.265. The first-order valence-corrected chi connectivity index (χ1v) is 4.66. The molecule has 0 spiro atoms. The molecule has 2 atom stereocenters. The van der Waals surface area contributed by atoms with Gasteiger partial charge in [-0.25, -0.2) is 0 Å². The Morgan fingerprint density at radius 1 is 1.36 bits per heavy atom. The van der Waals surface area contributed by atoms with Crippen LogP contribution in [0.3, 0.4) is 0 Å². The van der Waals surface area contributed by atoms with Gasteiger partial charge in [0.2, 0.25) is 0 Å². The fourth-order valence-corrected chi connectivity index (χ4v) is 2.33. The van der Waals surface area contributed by atoms with Crippen molar-refractivity contribution in [1.82, 2.24) is 4.90 Å². The molecule has 11 heavy (non-hydrogen) atoms. The average molecular weight is 154 g/mol. The molecule has 2 heteroatoms. The number of nitrogens with zero attached hydrogens (tertiary/aromatic N) is 1. The number of hydrogen-bond donors (Lipinski definition) is 1. The average Bonchev–Trinajstić information content (AvgIpc) is 2.44. The van der Waals surface area contributed by atoms with E-state index in [0.29, 0.717) is 6.04 Å². The van der Waals surface area contributed by atoms with Crippen molar-refractivity contribution in [3.05, 3.63) is 0 Å². The van der Waals surface area contributed by atoms with Gasteiger partial charge in [0.05, 0.1) is 0 Å². The third-order valence-electron chi connectivity index (χ3n) is 2.96. The van der Waals surface area contributed by atoms with Crippen LogP contribution in [-0.2, 0) is 0 Å². The molecule has 0 radical (unpaired) electrons. The summed E-state index contributed by atoms with van der Waals surface area (Å²) >= 11 is 0. The quantitative estimate of drug-likeness (QED) is 0.628. The van der Waals surface area contributed by atoms with Crippen molar-refractivity contribution in [2.45, 2.75) is 19.9 Å². The van der Waals surface area contributed by atoms with Crippen molar-refractivity contribution in [3.8, 4) is 0 Å². The second-order valence-electron chi connectivity index (χ2n) is 4.52. The summed E-state index contributed by atoms with van der Waals surface area (Å²) in [6.07, 6.45) is 0. The minimum absolute atomic E-state index is 0.554. The first-order chi connectivity index (χ1) is 5.18. The summed E-state index contributed by atoms with van der Waals surface area (Å²) in [6, 6.07) is 0.554. The van der Waals surface area contributed by atoms with Gasteiger partial charge in [0.1, 0.15) is 0 Å². The Balaban J connectivity index is 1.77. The van der Waals surface area contributed by atoms with E-state index in [2.05, 4.69) is 18.7 Å². The normalized spacial score (nSPS) is 43.1. The molecule has 1 heterocycles. The van der Waals surface area contributed by atoms with Crippen molar-refractivity contribution in [2.75, 3.05) is 19.6 Å². The molecule has 0 bridgehead atoms. The predicted molar refractivity (Wildman–Crippen MR) is 46.2 cm³/mol. The van der Waals surface area contributed by atoms with Crippen molar-refractivity contribution < 1.29 is 0 Å². The van der Waals surface area contributed by atoms with E-state index in [-0.39, 0.29) is 0 Å². The molecule has 1 aliphatic carbocycles. The lowest BCUT2D eigenvalue weighted by Gasteiger charge is -2.20. The summed E-state index contributed by atoms with van der Waals surface area (Å²) in [4.78, 5) is 2.56. The summed E-state index contributed by atoms with van der Waals surface area (Å²) in [6.45, 7) is 8.36. The summed E-state index contributed by atoms with van der Waals surface area (Å²) in [7, 11) is 0. The minimum atomic E-state index is 0.554. The molecule has 2 nitrogen and oxygen atoms in total. The topological polar surface area (TPSA) is 29.3 Å². The predicted octanol–water partition coefficient (Wildman–Crippen LogP) is 0.531.